The van der Waals surface area contributed by atoms with Crippen LogP contribution < -0.4 is 11.1 Å². The highest BCUT2D eigenvalue weighted by atomic mass is 35.5. The molecule has 2 aromatic carbocycles. The van der Waals surface area contributed by atoms with E-state index in [9.17, 15) is 0 Å². The number of nitrogens with two attached hydrogens (primary N) is 1. The van der Waals surface area contributed by atoms with Crippen LogP contribution in [-0.2, 0) is 6.42 Å². The Labute approximate surface area is 186 Å². The van der Waals surface area contributed by atoms with Gasteiger partial charge in [0.2, 0.25) is 0 Å². The molecule has 0 saturated carbocycles. The molecular formula is C22H24Cl2N4O2. The summed E-state index contributed by atoms with van der Waals surface area (Å²) in [5, 5.41) is 20.7. The fourth-order valence-electron chi connectivity index (χ4n) is 3.24. The number of benzene rings is 2. The molecule has 0 unspecified atom stereocenters. The summed E-state index contributed by atoms with van der Waals surface area (Å²) in [6.45, 7) is 4.02. The molecule has 0 radical (unpaired) electrons. The van der Waals surface area contributed by atoms with Gasteiger partial charge in [0, 0.05) is 27.9 Å². The Morgan fingerprint density at radius 3 is 1.87 bits per heavy atom. The van der Waals surface area contributed by atoms with E-state index in [1.807, 2.05) is 56.3 Å². The molecule has 0 aliphatic carbocycles. The van der Waals surface area contributed by atoms with Crippen molar-refractivity contribution in [2.75, 3.05) is 0 Å². The number of rotatable bonds is 5. The van der Waals surface area contributed by atoms with Crippen LogP contribution in [0.25, 0.3) is 21.9 Å². The monoisotopic (exact) mass is 446 g/mol. The number of furan rings is 2. The van der Waals surface area contributed by atoms with Gasteiger partial charge in [-0.3, -0.25) is 10.8 Å². The minimum absolute atomic E-state index is 0. The van der Waals surface area contributed by atoms with Crippen molar-refractivity contribution >= 4 is 58.4 Å². The molecule has 8 heteroatoms. The van der Waals surface area contributed by atoms with Crippen LogP contribution in [0.15, 0.2) is 57.4 Å². The Hall–Kier alpha value is -2.96. The van der Waals surface area contributed by atoms with Crippen LogP contribution in [0, 0.1) is 10.8 Å². The van der Waals surface area contributed by atoms with Crippen molar-refractivity contribution in [1.29, 1.82) is 10.8 Å². The molecule has 0 amide bonds. The summed E-state index contributed by atoms with van der Waals surface area (Å²) in [5.74, 6) is 2.01. The van der Waals surface area contributed by atoms with Crippen LogP contribution >= 0.6 is 24.8 Å². The molecule has 6 nitrogen and oxygen atoms in total. The van der Waals surface area contributed by atoms with Crippen LogP contribution in [0.3, 0.4) is 0 Å². The van der Waals surface area contributed by atoms with Gasteiger partial charge in [-0.25, -0.2) is 0 Å². The Morgan fingerprint density at radius 2 is 1.37 bits per heavy atom. The Balaban J connectivity index is 0.00000160. The van der Waals surface area contributed by atoms with Crippen LogP contribution in [0.2, 0.25) is 0 Å². The number of amidine groups is 2. The van der Waals surface area contributed by atoms with Crippen molar-refractivity contribution in [2.24, 2.45) is 5.73 Å². The number of nitrogen functional groups attached to an aromatic ring is 1. The largest absolute Gasteiger partial charge is 0.461 e. The highest BCUT2D eigenvalue weighted by Gasteiger charge is 2.12. The second-order valence-corrected chi connectivity index (χ2v) is 7.20. The van der Waals surface area contributed by atoms with E-state index in [4.69, 9.17) is 25.4 Å². The normalized spacial score (nSPS) is 10.6. The zero-order valence-electron chi connectivity index (χ0n) is 16.6. The van der Waals surface area contributed by atoms with Gasteiger partial charge in [0.05, 0.1) is 6.42 Å². The second kappa shape index (κ2) is 9.24. The van der Waals surface area contributed by atoms with Gasteiger partial charge in [-0.1, -0.05) is 0 Å². The molecule has 0 saturated heterocycles. The smallest absolute Gasteiger partial charge is 0.134 e. The van der Waals surface area contributed by atoms with E-state index in [0.717, 1.165) is 39.0 Å². The van der Waals surface area contributed by atoms with Gasteiger partial charge in [-0.15, -0.1) is 24.8 Å². The SMILES string of the molecule is CC(C)NC(=N)c1ccc2oc(Cc3cc4cc(C(=N)N)ccc4o3)cc2c1.Cl.Cl. The van der Waals surface area contributed by atoms with E-state index in [1.165, 1.54) is 0 Å². The highest BCUT2D eigenvalue weighted by Crippen LogP contribution is 2.26. The van der Waals surface area contributed by atoms with E-state index in [2.05, 4.69) is 5.32 Å². The van der Waals surface area contributed by atoms with Crippen molar-refractivity contribution in [3.8, 4) is 0 Å². The van der Waals surface area contributed by atoms with E-state index in [-0.39, 0.29) is 36.7 Å². The first kappa shape index (κ1) is 23.3. The summed E-state index contributed by atoms with van der Waals surface area (Å²) in [6, 6.07) is 15.3. The van der Waals surface area contributed by atoms with E-state index >= 15 is 0 Å². The number of hydrogen-bond donors (Lipinski definition) is 4. The first-order chi connectivity index (χ1) is 13.4. The van der Waals surface area contributed by atoms with Crippen molar-refractivity contribution in [2.45, 2.75) is 26.3 Å². The number of halogens is 2. The standard InChI is InChI=1S/C22H22N4O2.2ClH/c1-12(2)26-22(25)14-4-6-20-16(8-14)10-18(28-20)11-17-9-15-7-13(21(23)24)3-5-19(15)27-17;;/h3-10,12H,11H2,1-2H3,(H3,23,24)(H2,25,26);2*1H. The van der Waals surface area contributed by atoms with Gasteiger partial charge in [0.25, 0.3) is 0 Å². The maximum Gasteiger partial charge on any atom is 0.134 e. The molecule has 2 heterocycles. The molecule has 0 spiro atoms. The predicted molar refractivity (Wildman–Crippen MR) is 126 cm³/mol. The minimum Gasteiger partial charge on any atom is -0.461 e. The molecule has 4 aromatic rings. The molecule has 0 fully saturated rings. The van der Waals surface area contributed by atoms with Crippen molar-refractivity contribution in [3.63, 3.8) is 0 Å². The summed E-state index contributed by atoms with van der Waals surface area (Å²) >= 11 is 0. The van der Waals surface area contributed by atoms with Crippen molar-refractivity contribution in [3.05, 3.63) is 71.2 Å². The first-order valence-electron chi connectivity index (χ1n) is 9.14. The van der Waals surface area contributed by atoms with Gasteiger partial charge in [-0.05, 0) is 62.4 Å². The maximum atomic E-state index is 8.15. The predicted octanol–water partition coefficient (Wildman–Crippen LogP) is 5.22. The average Bonchev–Trinajstić information content (AvgIpc) is 3.22. The van der Waals surface area contributed by atoms with Gasteiger partial charge in [0.15, 0.2) is 0 Å². The number of fused-ring (bicyclic) bond motifs is 2. The van der Waals surface area contributed by atoms with Crippen molar-refractivity contribution in [1.82, 2.24) is 5.32 Å². The van der Waals surface area contributed by atoms with Crippen LogP contribution in [0.4, 0.5) is 0 Å². The minimum atomic E-state index is 0. The molecule has 0 aliphatic rings. The Bertz CT molecular complexity index is 1210. The third-order valence-corrected chi connectivity index (χ3v) is 4.52. The fraction of sp³-hybridized carbons (Fsp3) is 0.182. The number of nitrogens with one attached hydrogen (secondary N) is 3. The van der Waals surface area contributed by atoms with Crippen molar-refractivity contribution < 1.29 is 8.83 Å². The lowest BCUT2D eigenvalue weighted by molar-refractivity contribution is 0.512. The lowest BCUT2D eigenvalue weighted by atomic mass is 10.1. The van der Waals surface area contributed by atoms with E-state index < -0.39 is 0 Å². The lowest BCUT2D eigenvalue weighted by Crippen LogP contribution is -2.30. The fourth-order valence-corrected chi connectivity index (χ4v) is 3.24. The molecule has 5 N–H and O–H groups in total. The second-order valence-electron chi connectivity index (χ2n) is 7.20. The summed E-state index contributed by atoms with van der Waals surface area (Å²) in [7, 11) is 0. The molecule has 158 valence electrons. The molecule has 2 aromatic heterocycles. The zero-order chi connectivity index (χ0) is 19.8. The molecular weight excluding hydrogens is 423 g/mol. The lowest BCUT2D eigenvalue weighted by Gasteiger charge is -2.10. The summed E-state index contributed by atoms with van der Waals surface area (Å²) in [6.07, 6.45) is 0.524. The van der Waals surface area contributed by atoms with Crippen LogP contribution in [0.1, 0.15) is 36.5 Å². The van der Waals surface area contributed by atoms with E-state index in [0.29, 0.717) is 17.8 Å². The average molecular weight is 447 g/mol. The summed E-state index contributed by atoms with van der Waals surface area (Å²) in [5.41, 5.74) is 8.60. The van der Waals surface area contributed by atoms with Gasteiger partial charge >= 0.3 is 0 Å². The van der Waals surface area contributed by atoms with Crippen LogP contribution in [-0.4, -0.2) is 17.7 Å². The molecule has 4 rings (SSSR count). The Kier molecular flexibility index (Phi) is 7.18. The van der Waals surface area contributed by atoms with Gasteiger partial charge < -0.3 is 19.9 Å². The molecule has 0 atom stereocenters. The highest BCUT2D eigenvalue weighted by molar-refractivity contribution is 6.00. The molecule has 0 bridgehead atoms. The first-order valence-corrected chi connectivity index (χ1v) is 9.14. The quantitative estimate of drug-likeness (QED) is 0.248. The van der Waals surface area contributed by atoms with Gasteiger partial charge in [-0.2, -0.15) is 0 Å². The van der Waals surface area contributed by atoms with E-state index in [1.54, 1.807) is 6.07 Å². The van der Waals surface area contributed by atoms with Crippen LogP contribution in [0.5, 0.6) is 0 Å². The Morgan fingerprint density at radius 1 is 0.867 bits per heavy atom. The zero-order valence-corrected chi connectivity index (χ0v) is 18.2. The summed E-state index contributed by atoms with van der Waals surface area (Å²) < 4.78 is 11.8. The summed E-state index contributed by atoms with van der Waals surface area (Å²) in [4.78, 5) is 0. The molecule has 0 aliphatic heterocycles. The number of hydrogen-bond acceptors (Lipinski definition) is 4. The maximum absolute atomic E-state index is 8.15. The third kappa shape index (κ3) is 4.78. The third-order valence-electron chi connectivity index (χ3n) is 4.52. The topological polar surface area (TPSA) is 112 Å². The molecule has 30 heavy (non-hydrogen) atoms. The van der Waals surface area contributed by atoms with Gasteiger partial charge in [0.1, 0.15) is 34.4 Å².